The number of nitrogens with zero attached hydrogens (tertiary/aromatic N) is 4. The van der Waals surface area contributed by atoms with Crippen LogP contribution in [0.2, 0.25) is 0 Å². The highest BCUT2D eigenvalue weighted by Gasteiger charge is 2.23. The molecule has 1 amide bonds. The Bertz CT molecular complexity index is 821. The van der Waals surface area contributed by atoms with Crippen molar-refractivity contribution in [2.75, 3.05) is 31.1 Å². The minimum Gasteiger partial charge on any atom is -0.491 e. The van der Waals surface area contributed by atoms with E-state index in [1.807, 2.05) is 4.90 Å². The van der Waals surface area contributed by atoms with Gasteiger partial charge in [0.05, 0.1) is 12.1 Å². The molecule has 1 aromatic heterocycles. The fourth-order valence-electron chi connectivity index (χ4n) is 3.39. The van der Waals surface area contributed by atoms with Gasteiger partial charge in [-0.1, -0.05) is 6.07 Å². The van der Waals surface area contributed by atoms with Crippen LogP contribution >= 0.6 is 0 Å². The fourth-order valence-corrected chi connectivity index (χ4v) is 3.39. The highest BCUT2D eigenvalue weighted by molar-refractivity contribution is 5.93. The van der Waals surface area contributed by atoms with Crippen LogP contribution < -0.4 is 15.4 Å². The number of hydrogen-bond donors (Lipinski definition) is 1. The van der Waals surface area contributed by atoms with Gasteiger partial charge in [-0.15, -0.1) is 0 Å². The van der Waals surface area contributed by atoms with E-state index in [1.165, 1.54) is 12.1 Å². The van der Waals surface area contributed by atoms with Crippen LogP contribution in [0.25, 0.3) is 0 Å². The first-order chi connectivity index (χ1) is 13.1. The lowest BCUT2D eigenvalue weighted by Crippen LogP contribution is -2.42. The van der Waals surface area contributed by atoms with Crippen molar-refractivity contribution in [3.05, 3.63) is 47.5 Å². The molecule has 0 radical (unpaired) electrons. The van der Waals surface area contributed by atoms with Crippen molar-refractivity contribution in [3.8, 4) is 5.75 Å². The zero-order valence-electron chi connectivity index (χ0n) is 15.0. The lowest BCUT2D eigenvalue weighted by molar-refractivity contribution is 0.0714. The van der Waals surface area contributed by atoms with Crippen LogP contribution in [0.15, 0.2) is 30.6 Å². The SMILES string of the molecule is NC1CCN(C(=O)c2cnc(N3CCOc4cc(F)ccc4C3)nc2)CC1. The summed E-state index contributed by atoms with van der Waals surface area (Å²) in [4.78, 5) is 25.1. The maximum Gasteiger partial charge on any atom is 0.256 e. The van der Waals surface area contributed by atoms with Crippen LogP contribution in [0.4, 0.5) is 10.3 Å². The zero-order valence-corrected chi connectivity index (χ0v) is 15.0. The van der Waals surface area contributed by atoms with Crippen molar-refractivity contribution in [3.63, 3.8) is 0 Å². The summed E-state index contributed by atoms with van der Waals surface area (Å²) >= 11 is 0. The molecule has 0 unspecified atom stereocenters. The number of ether oxygens (including phenoxy) is 1. The van der Waals surface area contributed by atoms with E-state index < -0.39 is 0 Å². The number of rotatable bonds is 2. The number of carbonyl (C=O) groups excluding carboxylic acids is 1. The third-order valence-corrected chi connectivity index (χ3v) is 5.00. The topological polar surface area (TPSA) is 84.6 Å². The van der Waals surface area contributed by atoms with Gasteiger partial charge in [-0.2, -0.15) is 0 Å². The van der Waals surface area contributed by atoms with Crippen molar-refractivity contribution < 1.29 is 13.9 Å². The maximum atomic E-state index is 13.4. The van der Waals surface area contributed by atoms with E-state index in [1.54, 1.807) is 23.4 Å². The summed E-state index contributed by atoms with van der Waals surface area (Å²) in [6, 6.07) is 4.70. The average Bonchev–Trinajstić information content (AvgIpc) is 2.90. The molecule has 0 spiro atoms. The standard InChI is InChI=1S/C19H22FN5O2/c20-15-2-1-13-12-25(7-8-27-17(13)9-15)19-22-10-14(11-23-19)18(26)24-5-3-16(21)4-6-24/h1-2,9-11,16H,3-8,12,21H2. The molecule has 2 aliphatic heterocycles. The van der Waals surface area contributed by atoms with Gasteiger partial charge in [0, 0.05) is 49.7 Å². The van der Waals surface area contributed by atoms with Crippen molar-refractivity contribution in [2.45, 2.75) is 25.4 Å². The van der Waals surface area contributed by atoms with Crippen molar-refractivity contribution in [2.24, 2.45) is 5.73 Å². The smallest absolute Gasteiger partial charge is 0.256 e. The number of carbonyl (C=O) groups is 1. The number of amides is 1. The highest BCUT2D eigenvalue weighted by Crippen LogP contribution is 2.25. The second-order valence-electron chi connectivity index (χ2n) is 6.92. The molecule has 2 aliphatic rings. The number of fused-ring (bicyclic) bond motifs is 1. The number of anilines is 1. The largest absolute Gasteiger partial charge is 0.491 e. The molecule has 0 atom stereocenters. The van der Waals surface area contributed by atoms with E-state index in [4.69, 9.17) is 10.5 Å². The number of hydrogen-bond acceptors (Lipinski definition) is 6. The Balaban J connectivity index is 1.47. The molecule has 27 heavy (non-hydrogen) atoms. The predicted molar refractivity (Wildman–Crippen MR) is 98.1 cm³/mol. The van der Waals surface area contributed by atoms with Crippen LogP contribution in [0, 0.1) is 5.82 Å². The molecule has 1 aromatic carbocycles. The number of aromatic nitrogens is 2. The second-order valence-corrected chi connectivity index (χ2v) is 6.92. The molecular formula is C19H22FN5O2. The highest BCUT2D eigenvalue weighted by atomic mass is 19.1. The Morgan fingerprint density at radius 3 is 2.67 bits per heavy atom. The molecule has 2 aromatic rings. The third kappa shape index (κ3) is 3.85. The Labute approximate surface area is 157 Å². The fraction of sp³-hybridized carbons (Fsp3) is 0.421. The minimum absolute atomic E-state index is 0.0616. The maximum absolute atomic E-state index is 13.4. The second kappa shape index (κ2) is 7.48. The van der Waals surface area contributed by atoms with Crippen molar-refractivity contribution >= 4 is 11.9 Å². The predicted octanol–water partition coefficient (Wildman–Crippen LogP) is 1.58. The molecule has 0 bridgehead atoms. The molecule has 1 saturated heterocycles. The molecular weight excluding hydrogens is 349 g/mol. The van der Waals surface area contributed by atoms with E-state index >= 15 is 0 Å². The van der Waals surface area contributed by atoms with Crippen LogP contribution in [-0.4, -0.2) is 53.1 Å². The van der Waals surface area contributed by atoms with E-state index in [0.29, 0.717) is 50.0 Å². The molecule has 8 heteroatoms. The minimum atomic E-state index is -0.319. The lowest BCUT2D eigenvalue weighted by Gasteiger charge is -2.30. The Morgan fingerprint density at radius 1 is 1.19 bits per heavy atom. The lowest BCUT2D eigenvalue weighted by atomic mass is 10.1. The molecule has 4 rings (SSSR count). The molecule has 3 heterocycles. The van der Waals surface area contributed by atoms with Gasteiger partial charge in [0.1, 0.15) is 18.2 Å². The molecule has 7 nitrogen and oxygen atoms in total. The molecule has 142 valence electrons. The molecule has 0 saturated carbocycles. The average molecular weight is 371 g/mol. The van der Waals surface area contributed by atoms with Gasteiger partial charge in [0.25, 0.3) is 5.91 Å². The summed E-state index contributed by atoms with van der Waals surface area (Å²) in [6.45, 7) is 2.84. The van der Waals surface area contributed by atoms with Gasteiger partial charge in [-0.3, -0.25) is 4.79 Å². The van der Waals surface area contributed by atoms with E-state index in [9.17, 15) is 9.18 Å². The van der Waals surface area contributed by atoms with E-state index in [-0.39, 0.29) is 17.8 Å². The molecule has 1 fully saturated rings. The van der Waals surface area contributed by atoms with Gasteiger partial charge in [-0.25, -0.2) is 14.4 Å². The van der Waals surface area contributed by atoms with Gasteiger partial charge in [-0.05, 0) is 18.9 Å². The van der Waals surface area contributed by atoms with Crippen LogP contribution in [-0.2, 0) is 6.54 Å². The molecule has 0 aliphatic carbocycles. The summed E-state index contributed by atoms with van der Waals surface area (Å²) in [5.74, 6) is 0.689. The first kappa shape index (κ1) is 17.7. The van der Waals surface area contributed by atoms with Crippen LogP contribution in [0.1, 0.15) is 28.8 Å². The first-order valence-electron chi connectivity index (χ1n) is 9.13. The van der Waals surface area contributed by atoms with Crippen LogP contribution in [0.5, 0.6) is 5.75 Å². The van der Waals surface area contributed by atoms with E-state index in [0.717, 1.165) is 18.4 Å². The summed E-state index contributed by atoms with van der Waals surface area (Å²) in [7, 11) is 0. The van der Waals surface area contributed by atoms with Gasteiger partial charge < -0.3 is 20.3 Å². The number of benzene rings is 1. The third-order valence-electron chi connectivity index (χ3n) is 5.00. The summed E-state index contributed by atoms with van der Waals surface area (Å²) in [5, 5.41) is 0. The zero-order chi connectivity index (χ0) is 18.8. The van der Waals surface area contributed by atoms with Crippen LogP contribution in [0.3, 0.4) is 0 Å². The van der Waals surface area contributed by atoms with Gasteiger partial charge in [0.15, 0.2) is 0 Å². The Kier molecular flexibility index (Phi) is 4.89. The van der Waals surface area contributed by atoms with Crippen molar-refractivity contribution in [1.82, 2.24) is 14.9 Å². The van der Waals surface area contributed by atoms with Gasteiger partial charge in [0.2, 0.25) is 5.95 Å². The quantitative estimate of drug-likeness (QED) is 0.863. The normalized spacial score (nSPS) is 17.9. The monoisotopic (exact) mass is 371 g/mol. The summed E-state index contributed by atoms with van der Waals surface area (Å²) in [6.07, 6.45) is 4.77. The number of piperidine rings is 1. The molecule has 2 N–H and O–H groups in total. The number of nitrogens with two attached hydrogens (primary N) is 1. The Hall–Kier alpha value is -2.74. The van der Waals surface area contributed by atoms with E-state index in [2.05, 4.69) is 9.97 Å². The Morgan fingerprint density at radius 2 is 1.93 bits per heavy atom. The van der Waals surface area contributed by atoms with Gasteiger partial charge >= 0.3 is 0 Å². The first-order valence-corrected chi connectivity index (χ1v) is 9.13. The number of halogens is 1. The van der Waals surface area contributed by atoms with Crippen molar-refractivity contribution in [1.29, 1.82) is 0 Å². The summed E-state index contributed by atoms with van der Waals surface area (Å²) < 4.78 is 19.0. The number of likely N-dealkylation sites (tertiary alicyclic amines) is 1. The summed E-state index contributed by atoms with van der Waals surface area (Å²) in [5.41, 5.74) is 7.25.